The lowest BCUT2D eigenvalue weighted by Gasteiger charge is -2.33. The molecule has 156 valence electrons. The van der Waals surface area contributed by atoms with Crippen LogP contribution in [0.1, 0.15) is 36.3 Å². The molecule has 1 aromatic carbocycles. The molecule has 0 radical (unpaired) electrons. The summed E-state index contributed by atoms with van der Waals surface area (Å²) in [7, 11) is -3.49. The minimum atomic E-state index is -3.49. The van der Waals surface area contributed by atoms with Gasteiger partial charge < -0.3 is 9.73 Å². The monoisotopic (exact) mass is 417 g/mol. The molecule has 0 saturated carbocycles. The predicted octanol–water partition coefficient (Wildman–Crippen LogP) is 1.95. The van der Waals surface area contributed by atoms with Crippen LogP contribution in [0, 0.1) is 0 Å². The number of fused-ring (bicyclic) bond motifs is 1. The number of furan rings is 1. The van der Waals surface area contributed by atoms with E-state index in [9.17, 15) is 13.2 Å². The number of sulfonamides is 1. The van der Waals surface area contributed by atoms with Crippen LogP contribution in [0.15, 0.2) is 45.9 Å². The standard InChI is InChI=1S/C21H27N3O4S/c1-16(20-6-3-13-28-20)22-21(25)15-23-9-11-24(12-10-23)29(26,27)19-8-7-17-4-2-5-18(17)14-19/h3,6-8,13-14,16H,2,4-5,9-12,15H2,1H3,(H,22,25)/t16-/m0/s1. The Morgan fingerprint density at radius 3 is 2.62 bits per heavy atom. The molecule has 1 aromatic heterocycles. The highest BCUT2D eigenvalue weighted by Crippen LogP contribution is 2.26. The van der Waals surface area contributed by atoms with E-state index in [4.69, 9.17) is 4.42 Å². The number of carbonyl (C=O) groups excluding carboxylic acids is 1. The molecule has 8 heteroatoms. The number of rotatable bonds is 6. The topological polar surface area (TPSA) is 82.9 Å². The maximum Gasteiger partial charge on any atom is 0.243 e. The first-order valence-electron chi connectivity index (χ1n) is 10.1. The van der Waals surface area contributed by atoms with Crippen molar-refractivity contribution in [2.75, 3.05) is 32.7 Å². The number of nitrogens with zero attached hydrogens (tertiary/aromatic N) is 2. The normalized spacial score (nSPS) is 19.1. The summed E-state index contributed by atoms with van der Waals surface area (Å²) in [5, 5.41) is 2.91. The molecule has 0 spiro atoms. The van der Waals surface area contributed by atoms with E-state index in [1.54, 1.807) is 18.4 Å². The number of hydrogen-bond acceptors (Lipinski definition) is 5. The highest BCUT2D eigenvalue weighted by atomic mass is 32.2. The van der Waals surface area contributed by atoms with E-state index in [2.05, 4.69) is 5.32 Å². The number of benzene rings is 1. The number of nitrogens with one attached hydrogen (secondary N) is 1. The average Bonchev–Trinajstić information content (AvgIpc) is 3.39. The van der Waals surface area contributed by atoms with Crippen molar-refractivity contribution in [1.82, 2.24) is 14.5 Å². The van der Waals surface area contributed by atoms with Crippen molar-refractivity contribution in [3.63, 3.8) is 0 Å². The van der Waals surface area contributed by atoms with Crippen LogP contribution in [-0.2, 0) is 27.7 Å². The fraction of sp³-hybridized carbons (Fsp3) is 0.476. The summed E-state index contributed by atoms with van der Waals surface area (Å²) in [4.78, 5) is 14.7. The Bertz CT molecular complexity index is 964. The first-order valence-corrected chi connectivity index (χ1v) is 11.5. The SMILES string of the molecule is C[C@H](NC(=O)CN1CCN(S(=O)(=O)c2ccc3c(c2)CCC3)CC1)c1ccco1. The molecule has 2 heterocycles. The van der Waals surface area contributed by atoms with Gasteiger partial charge in [0, 0.05) is 26.2 Å². The first-order chi connectivity index (χ1) is 13.9. The molecule has 0 bridgehead atoms. The first kappa shape index (κ1) is 20.1. The van der Waals surface area contributed by atoms with E-state index < -0.39 is 10.0 Å². The largest absolute Gasteiger partial charge is 0.467 e. The van der Waals surface area contributed by atoms with Gasteiger partial charge >= 0.3 is 0 Å². The van der Waals surface area contributed by atoms with Crippen LogP contribution in [0.4, 0.5) is 0 Å². The van der Waals surface area contributed by atoms with Gasteiger partial charge in [0.15, 0.2) is 0 Å². The van der Waals surface area contributed by atoms with Crippen LogP contribution in [0.2, 0.25) is 0 Å². The van der Waals surface area contributed by atoms with Crippen molar-refractivity contribution in [2.45, 2.75) is 37.1 Å². The van der Waals surface area contributed by atoms with Crippen molar-refractivity contribution in [1.29, 1.82) is 0 Å². The molecule has 1 N–H and O–H groups in total. The van der Waals surface area contributed by atoms with Gasteiger partial charge in [0.25, 0.3) is 0 Å². The second kappa shape index (κ2) is 8.30. The van der Waals surface area contributed by atoms with E-state index >= 15 is 0 Å². The Labute approximate surface area is 171 Å². The van der Waals surface area contributed by atoms with Crippen LogP contribution >= 0.6 is 0 Å². The van der Waals surface area contributed by atoms with Crippen LogP contribution in [0.3, 0.4) is 0 Å². The lowest BCUT2D eigenvalue weighted by Crippen LogP contribution is -2.51. The number of hydrogen-bond donors (Lipinski definition) is 1. The van der Waals surface area contributed by atoms with Crippen LogP contribution in [0.5, 0.6) is 0 Å². The molecule has 29 heavy (non-hydrogen) atoms. The number of amides is 1. The molecule has 4 rings (SSSR count). The van der Waals surface area contributed by atoms with Gasteiger partial charge in [-0.3, -0.25) is 9.69 Å². The summed E-state index contributed by atoms with van der Waals surface area (Å²) in [5.74, 6) is 0.618. The van der Waals surface area contributed by atoms with Gasteiger partial charge in [0.1, 0.15) is 5.76 Å². The van der Waals surface area contributed by atoms with Crippen molar-refractivity contribution in [3.05, 3.63) is 53.5 Å². The number of carbonyl (C=O) groups is 1. The number of aryl methyl sites for hydroxylation is 2. The quantitative estimate of drug-likeness (QED) is 0.777. The van der Waals surface area contributed by atoms with Gasteiger partial charge in [0.05, 0.1) is 23.7 Å². The van der Waals surface area contributed by atoms with Crippen molar-refractivity contribution >= 4 is 15.9 Å². The summed E-state index contributed by atoms with van der Waals surface area (Å²) < 4.78 is 32.9. The maximum atomic E-state index is 13.0. The van der Waals surface area contributed by atoms with E-state index in [1.165, 1.54) is 9.87 Å². The highest BCUT2D eigenvalue weighted by molar-refractivity contribution is 7.89. The van der Waals surface area contributed by atoms with Gasteiger partial charge in [-0.05, 0) is 61.6 Å². The minimum Gasteiger partial charge on any atom is -0.467 e. The van der Waals surface area contributed by atoms with E-state index in [1.807, 2.05) is 30.0 Å². The molecule has 2 aliphatic rings. The van der Waals surface area contributed by atoms with Gasteiger partial charge in [-0.25, -0.2) is 8.42 Å². The predicted molar refractivity (Wildman–Crippen MR) is 109 cm³/mol. The van der Waals surface area contributed by atoms with E-state index in [-0.39, 0.29) is 18.5 Å². The van der Waals surface area contributed by atoms with Crippen LogP contribution < -0.4 is 5.32 Å². The molecule has 7 nitrogen and oxygen atoms in total. The number of piperazine rings is 1. The average molecular weight is 418 g/mol. The smallest absolute Gasteiger partial charge is 0.243 e. The van der Waals surface area contributed by atoms with Crippen LogP contribution in [-0.4, -0.2) is 56.3 Å². The summed E-state index contributed by atoms with van der Waals surface area (Å²) in [6.07, 6.45) is 4.67. The summed E-state index contributed by atoms with van der Waals surface area (Å²) in [6, 6.07) is 8.95. The Hall–Kier alpha value is -2.16. The highest BCUT2D eigenvalue weighted by Gasteiger charge is 2.30. The van der Waals surface area contributed by atoms with Gasteiger partial charge in [-0.2, -0.15) is 4.31 Å². The second-order valence-corrected chi connectivity index (χ2v) is 9.71. The molecule has 1 saturated heterocycles. The molecule has 1 aliphatic carbocycles. The summed E-state index contributed by atoms with van der Waals surface area (Å²) >= 11 is 0. The summed E-state index contributed by atoms with van der Waals surface area (Å²) in [5.41, 5.74) is 2.43. The lowest BCUT2D eigenvalue weighted by atomic mass is 10.1. The third-order valence-corrected chi connectivity index (χ3v) is 7.65. The molecule has 0 unspecified atom stereocenters. The van der Waals surface area contributed by atoms with Crippen molar-refractivity contribution in [3.8, 4) is 0 Å². The Morgan fingerprint density at radius 2 is 1.90 bits per heavy atom. The third kappa shape index (κ3) is 4.39. The van der Waals surface area contributed by atoms with Gasteiger partial charge in [0.2, 0.25) is 15.9 Å². The zero-order valence-corrected chi connectivity index (χ0v) is 17.5. The molecule has 1 aliphatic heterocycles. The van der Waals surface area contributed by atoms with Crippen LogP contribution in [0.25, 0.3) is 0 Å². The molecular weight excluding hydrogens is 390 g/mol. The maximum absolute atomic E-state index is 13.0. The molecular formula is C21H27N3O4S. The Morgan fingerprint density at radius 1 is 1.14 bits per heavy atom. The molecule has 1 atom stereocenters. The van der Waals surface area contributed by atoms with E-state index in [0.717, 1.165) is 24.8 Å². The fourth-order valence-electron chi connectivity index (χ4n) is 4.08. The van der Waals surface area contributed by atoms with E-state index in [0.29, 0.717) is 36.8 Å². The van der Waals surface area contributed by atoms with Crippen molar-refractivity contribution < 1.29 is 17.6 Å². The molecule has 1 amide bonds. The zero-order chi connectivity index (χ0) is 20.4. The third-order valence-electron chi connectivity index (χ3n) is 5.75. The summed E-state index contributed by atoms with van der Waals surface area (Å²) in [6.45, 7) is 3.97. The lowest BCUT2D eigenvalue weighted by molar-refractivity contribution is -0.123. The molecule has 2 aromatic rings. The molecule has 1 fully saturated rings. The Kier molecular flexibility index (Phi) is 5.76. The Balaban J connectivity index is 1.31. The van der Waals surface area contributed by atoms with Gasteiger partial charge in [-0.15, -0.1) is 0 Å². The minimum absolute atomic E-state index is 0.0937. The second-order valence-electron chi connectivity index (χ2n) is 7.77. The van der Waals surface area contributed by atoms with Gasteiger partial charge in [-0.1, -0.05) is 6.07 Å². The fourth-order valence-corrected chi connectivity index (χ4v) is 5.56. The zero-order valence-electron chi connectivity index (χ0n) is 16.6. The van der Waals surface area contributed by atoms with Crippen molar-refractivity contribution in [2.24, 2.45) is 0 Å².